The van der Waals surface area contributed by atoms with Crippen LogP contribution < -0.4 is 16.2 Å². The van der Waals surface area contributed by atoms with Gasteiger partial charge in [-0.1, -0.05) is 11.6 Å². The molecule has 0 fully saturated rings. The molecule has 1 aromatic rings. The molecule has 0 aliphatic rings. The average molecular weight is 273 g/mol. The molecular formula is C11H13ClN2O4. The van der Waals surface area contributed by atoms with Crippen LogP contribution in [0.1, 0.15) is 17.3 Å². The van der Waals surface area contributed by atoms with E-state index in [9.17, 15) is 9.59 Å². The number of benzene rings is 1. The first-order valence-corrected chi connectivity index (χ1v) is 5.38. The second-order valence-corrected chi connectivity index (χ2v) is 3.93. The van der Waals surface area contributed by atoms with E-state index in [1.807, 2.05) is 0 Å². The lowest BCUT2D eigenvalue weighted by molar-refractivity contribution is -0.125. The van der Waals surface area contributed by atoms with Crippen LogP contribution in [0.15, 0.2) is 12.1 Å². The zero-order chi connectivity index (χ0) is 13.9. The Morgan fingerprint density at radius 1 is 1.39 bits per heavy atom. The molecule has 98 valence electrons. The van der Waals surface area contributed by atoms with Crippen molar-refractivity contribution in [2.24, 2.45) is 5.73 Å². The van der Waals surface area contributed by atoms with Gasteiger partial charge in [-0.2, -0.15) is 0 Å². The van der Waals surface area contributed by atoms with Gasteiger partial charge in [0.2, 0.25) is 0 Å². The van der Waals surface area contributed by atoms with Crippen molar-refractivity contribution in [2.45, 2.75) is 13.0 Å². The predicted octanol–water partition coefficient (Wildman–Crippen LogP) is 0.961. The number of primary amides is 1. The van der Waals surface area contributed by atoms with Crippen LogP contribution in [-0.4, -0.2) is 25.1 Å². The number of carbonyl (C=O) groups excluding carboxylic acids is 2. The number of halogens is 1. The molecule has 0 spiro atoms. The highest BCUT2D eigenvalue weighted by Crippen LogP contribution is 2.29. The highest BCUT2D eigenvalue weighted by Gasteiger charge is 2.20. The third-order valence-electron chi connectivity index (χ3n) is 2.22. The fourth-order valence-electron chi connectivity index (χ4n) is 1.18. The summed E-state index contributed by atoms with van der Waals surface area (Å²) in [6, 6.07) is 2.71. The van der Waals surface area contributed by atoms with Crippen LogP contribution in [-0.2, 0) is 9.53 Å². The first-order valence-electron chi connectivity index (χ1n) is 5.00. The van der Waals surface area contributed by atoms with E-state index in [0.29, 0.717) is 0 Å². The third-order valence-corrected chi connectivity index (χ3v) is 2.55. The lowest BCUT2D eigenvalue weighted by atomic mass is 10.2. The van der Waals surface area contributed by atoms with Crippen LogP contribution in [0.5, 0.6) is 5.75 Å². The number of esters is 1. The van der Waals surface area contributed by atoms with E-state index in [-0.39, 0.29) is 22.0 Å². The number of rotatable bonds is 4. The molecule has 1 amide bonds. The second-order valence-electron chi connectivity index (χ2n) is 3.52. The highest BCUT2D eigenvalue weighted by atomic mass is 35.5. The van der Waals surface area contributed by atoms with Gasteiger partial charge in [-0.25, -0.2) is 4.79 Å². The predicted molar refractivity (Wildman–Crippen MR) is 66.5 cm³/mol. The average Bonchev–Trinajstić information content (AvgIpc) is 2.31. The quantitative estimate of drug-likeness (QED) is 0.627. The number of hydrogen-bond donors (Lipinski definition) is 2. The molecule has 6 nitrogen and oxygen atoms in total. The minimum absolute atomic E-state index is 0.0739. The Kier molecular flexibility index (Phi) is 4.38. The summed E-state index contributed by atoms with van der Waals surface area (Å²) in [5.41, 5.74) is 10.9. The van der Waals surface area contributed by atoms with Crippen LogP contribution in [0, 0.1) is 0 Å². The Morgan fingerprint density at radius 2 is 2.00 bits per heavy atom. The first kappa shape index (κ1) is 14.1. The van der Waals surface area contributed by atoms with E-state index in [1.54, 1.807) is 0 Å². The largest absolute Gasteiger partial charge is 0.496 e. The summed E-state index contributed by atoms with van der Waals surface area (Å²) in [5.74, 6) is -1.30. The van der Waals surface area contributed by atoms with Crippen molar-refractivity contribution in [3.63, 3.8) is 0 Å². The zero-order valence-corrected chi connectivity index (χ0v) is 10.7. The Labute approximate surface area is 109 Å². The molecule has 0 heterocycles. The molecule has 0 saturated carbocycles. The molecule has 0 saturated heterocycles. The molecule has 1 atom stereocenters. The minimum Gasteiger partial charge on any atom is -0.496 e. The Morgan fingerprint density at radius 3 is 2.50 bits per heavy atom. The van der Waals surface area contributed by atoms with E-state index >= 15 is 0 Å². The summed E-state index contributed by atoms with van der Waals surface area (Å²) >= 11 is 5.81. The van der Waals surface area contributed by atoms with Crippen molar-refractivity contribution in [1.82, 2.24) is 0 Å². The first-order chi connectivity index (χ1) is 8.36. The molecule has 0 aliphatic carbocycles. The lowest BCUT2D eigenvalue weighted by Gasteiger charge is -2.13. The van der Waals surface area contributed by atoms with Gasteiger partial charge >= 0.3 is 5.97 Å². The van der Waals surface area contributed by atoms with Crippen LogP contribution in [0.2, 0.25) is 5.02 Å². The zero-order valence-electron chi connectivity index (χ0n) is 9.90. The number of anilines is 1. The molecule has 1 rings (SSSR count). The SMILES string of the molecule is COc1cc(N)c(Cl)cc1C(=O)OC(C)C(N)=O. The minimum atomic E-state index is -1.04. The number of ether oxygens (including phenoxy) is 2. The van der Waals surface area contributed by atoms with Crippen molar-refractivity contribution in [2.75, 3.05) is 12.8 Å². The Hall–Kier alpha value is -1.95. The number of amides is 1. The summed E-state index contributed by atoms with van der Waals surface area (Å²) < 4.78 is 9.83. The van der Waals surface area contributed by atoms with Gasteiger partial charge in [0, 0.05) is 6.07 Å². The number of carbonyl (C=O) groups is 2. The fraction of sp³-hybridized carbons (Fsp3) is 0.273. The molecule has 0 bridgehead atoms. The fourth-order valence-corrected chi connectivity index (χ4v) is 1.34. The van der Waals surface area contributed by atoms with Crippen molar-refractivity contribution in [3.8, 4) is 5.75 Å². The number of methoxy groups -OCH3 is 1. The molecule has 0 aromatic heterocycles. The normalized spacial score (nSPS) is 11.7. The van der Waals surface area contributed by atoms with Crippen LogP contribution >= 0.6 is 11.6 Å². The standard InChI is InChI=1S/C11H13ClN2O4/c1-5(10(14)15)18-11(16)6-3-7(12)8(13)4-9(6)17-2/h3-5H,13H2,1-2H3,(H2,14,15). The van der Waals surface area contributed by atoms with E-state index in [0.717, 1.165) is 0 Å². The van der Waals surface area contributed by atoms with Gasteiger partial charge < -0.3 is 20.9 Å². The summed E-state index contributed by atoms with van der Waals surface area (Å²) in [5, 5.41) is 0.189. The maximum absolute atomic E-state index is 11.8. The van der Waals surface area contributed by atoms with Gasteiger partial charge in [-0.05, 0) is 13.0 Å². The van der Waals surface area contributed by atoms with Gasteiger partial charge in [0.25, 0.3) is 5.91 Å². The molecule has 4 N–H and O–H groups in total. The van der Waals surface area contributed by atoms with Crippen molar-refractivity contribution in [3.05, 3.63) is 22.7 Å². The molecule has 0 radical (unpaired) electrons. The van der Waals surface area contributed by atoms with Gasteiger partial charge in [0.15, 0.2) is 6.10 Å². The molecule has 0 aliphatic heterocycles. The van der Waals surface area contributed by atoms with Gasteiger partial charge in [0.1, 0.15) is 11.3 Å². The third kappa shape index (κ3) is 3.04. The maximum Gasteiger partial charge on any atom is 0.342 e. The highest BCUT2D eigenvalue weighted by molar-refractivity contribution is 6.33. The molecule has 1 unspecified atom stereocenters. The topological polar surface area (TPSA) is 105 Å². The summed E-state index contributed by atoms with van der Waals surface area (Å²) in [6.07, 6.45) is -1.04. The lowest BCUT2D eigenvalue weighted by Crippen LogP contribution is -2.30. The maximum atomic E-state index is 11.8. The number of nitrogens with two attached hydrogens (primary N) is 2. The second kappa shape index (κ2) is 5.59. The van der Waals surface area contributed by atoms with Gasteiger partial charge in [-0.3, -0.25) is 4.79 Å². The monoisotopic (exact) mass is 272 g/mol. The van der Waals surface area contributed by atoms with Gasteiger partial charge in [0.05, 0.1) is 17.8 Å². The van der Waals surface area contributed by atoms with E-state index in [4.69, 9.17) is 32.5 Å². The Bertz CT molecular complexity index is 490. The number of hydrogen-bond acceptors (Lipinski definition) is 5. The molecule has 7 heteroatoms. The van der Waals surface area contributed by atoms with Crippen LogP contribution in [0.3, 0.4) is 0 Å². The molecule has 1 aromatic carbocycles. The summed E-state index contributed by atoms with van der Waals surface area (Å²) in [7, 11) is 1.37. The van der Waals surface area contributed by atoms with Crippen LogP contribution in [0.4, 0.5) is 5.69 Å². The van der Waals surface area contributed by atoms with E-state index in [1.165, 1.54) is 26.2 Å². The number of nitrogen functional groups attached to an aromatic ring is 1. The van der Waals surface area contributed by atoms with Gasteiger partial charge in [-0.15, -0.1) is 0 Å². The van der Waals surface area contributed by atoms with Crippen molar-refractivity contribution >= 4 is 29.2 Å². The smallest absolute Gasteiger partial charge is 0.342 e. The van der Waals surface area contributed by atoms with E-state index in [2.05, 4.69) is 0 Å². The Balaban J connectivity index is 3.05. The van der Waals surface area contributed by atoms with Crippen LogP contribution in [0.25, 0.3) is 0 Å². The van der Waals surface area contributed by atoms with E-state index < -0.39 is 18.0 Å². The summed E-state index contributed by atoms with van der Waals surface area (Å²) in [4.78, 5) is 22.6. The van der Waals surface area contributed by atoms with Crippen molar-refractivity contribution < 1.29 is 19.1 Å². The molecule has 18 heavy (non-hydrogen) atoms. The van der Waals surface area contributed by atoms with Crippen molar-refractivity contribution in [1.29, 1.82) is 0 Å². The molecular weight excluding hydrogens is 260 g/mol. The summed E-state index contributed by atoms with van der Waals surface area (Å²) in [6.45, 7) is 1.37.